The van der Waals surface area contributed by atoms with Crippen molar-refractivity contribution in [2.24, 2.45) is 0 Å². The number of nitrogens with zero attached hydrogens (tertiary/aromatic N) is 2. The molecule has 0 radical (unpaired) electrons. The molecule has 276 valence electrons. The van der Waals surface area contributed by atoms with Gasteiger partial charge in [0.05, 0.1) is 16.8 Å². The Morgan fingerprint density at radius 1 is 0.305 bits per heavy atom. The van der Waals surface area contributed by atoms with E-state index >= 15 is 0 Å². The maximum absolute atomic E-state index is 2.48. The summed E-state index contributed by atoms with van der Waals surface area (Å²) < 4.78 is 0. The Hall–Kier alpha value is -7.68. The van der Waals surface area contributed by atoms with Crippen LogP contribution in [-0.2, 0) is 5.41 Å². The minimum absolute atomic E-state index is 0.516. The standard InChI is InChI=1S/C57H38N2/c1-3-19-41(20-4-1)58(43-33-35-45-48-24-10-15-29-55(48)59(42-21-5-2-6-22-42)56-30-16-11-25-49(56)50(45)37-43)44-34-36-47-46-23-9-14-28-53(46)57(54(47)38-44)51-26-12-7-17-39(51)31-32-40-18-8-13-27-52(40)57/h1-38H. The molecular weight excluding hydrogens is 713 g/mol. The number of rotatable bonds is 4. The normalized spacial score (nSPS) is 13.5. The van der Waals surface area contributed by atoms with Gasteiger partial charge in [0.2, 0.25) is 0 Å². The van der Waals surface area contributed by atoms with Crippen LogP contribution >= 0.6 is 0 Å². The highest BCUT2D eigenvalue weighted by molar-refractivity contribution is 6.04. The van der Waals surface area contributed by atoms with Crippen molar-refractivity contribution in [3.05, 3.63) is 252 Å². The third-order valence-corrected chi connectivity index (χ3v) is 12.6. The molecule has 0 saturated carbocycles. The summed E-state index contributed by atoms with van der Waals surface area (Å²) in [5.74, 6) is 0. The Morgan fingerprint density at radius 3 is 1.44 bits per heavy atom. The van der Waals surface area contributed by atoms with Crippen molar-refractivity contribution in [2.45, 2.75) is 5.41 Å². The van der Waals surface area contributed by atoms with Gasteiger partial charge in [-0.2, -0.15) is 0 Å². The first-order chi connectivity index (χ1) is 29.3. The van der Waals surface area contributed by atoms with Gasteiger partial charge in [0.15, 0.2) is 0 Å². The van der Waals surface area contributed by atoms with Crippen LogP contribution in [-0.4, -0.2) is 0 Å². The molecule has 12 rings (SSSR count). The zero-order valence-electron chi connectivity index (χ0n) is 32.3. The number of para-hydroxylation sites is 4. The van der Waals surface area contributed by atoms with Crippen molar-refractivity contribution in [1.82, 2.24) is 0 Å². The van der Waals surface area contributed by atoms with E-state index < -0.39 is 5.41 Å². The van der Waals surface area contributed by atoms with E-state index in [0.29, 0.717) is 0 Å². The molecule has 0 atom stereocenters. The molecule has 2 nitrogen and oxygen atoms in total. The molecule has 0 saturated heterocycles. The van der Waals surface area contributed by atoms with Crippen LogP contribution in [0.5, 0.6) is 0 Å². The first-order valence-electron chi connectivity index (χ1n) is 20.4. The predicted octanol–water partition coefficient (Wildman–Crippen LogP) is 15.1. The van der Waals surface area contributed by atoms with Gasteiger partial charge in [-0.15, -0.1) is 0 Å². The van der Waals surface area contributed by atoms with Gasteiger partial charge in [-0.05, 0) is 116 Å². The van der Waals surface area contributed by atoms with Crippen molar-refractivity contribution in [2.75, 3.05) is 9.80 Å². The number of hydrogen-bond donors (Lipinski definition) is 0. The molecule has 1 aliphatic heterocycles. The van der Waals surface area contributed by atoms with Gasteiger partial charge in [0.25, 0.3) is 0 Å². The van der Waals surface area contributed by atoms with Gasteiger partial charge >= 0.3 is 0 Å². The van der Waals surface area contributed by atoms with E-state index in [1.165, 1.54) is 72.4 Å². The largest absolute Gasteiger partial charge is 0.310 e. The van der Waals surface area contributed by atoms with Gasteiger partial charge in [-0.25, -0.2) is 0 Å². The molecule has 0 aromatic heterocycles. The van der Waals surface area contributed by atoms with Crippen LogP contribution in [0, 0.1) is 0 Å². The summed E-state index contributed by atoms with van der Waals surface area (Å²) in [7, 11) is 0. The van der Waals surface area contributed by atoms with Crippen molar-refractivity contribution in [3.63, 3.8) is 0 Å². The van der Waals surface area contributed by atoms with E-state index in [9.17, 15) is 0 Å². The highest BCUT2D eigenvalue weighted by Gasteiger charge is 2.48. The third kappa shape index (κ3) is 4.93. The maximum atomic E-state index is 2.48. The molecule has 0 bridgehead atoms. The number of benzene rings is 9. The second kappa shape index (κ2) is 13.2. The highest BCUT2D eigenvalue weighted by atomic mass is 15.2. The van der Waals surface area contributed by atoms with Crippen LogP contribution in [0.25, 0.3) is 45.5 Å². The molecule has 1 heterocycles. The van der Waals surface area contributed by atoms with Crippen LogP contribution in [0.3, 0.4) is 0 Å². The Labute approximate surface area is 345 Å². The monoisotopic (exact) mass is 750 g/mol. The van der Waals surface area contributed by atoms with Crippen LogP contribution in [0.15, 0.2) is 218 Å². The lowest BCUT2D eigenvalue weighted by Gasteiger charge is -2.36. The Balaban J connectivity index is 1.11. The smallest absolute Gasteiger partial charge is 0.0725 e. The zero-order valence-corrected chi connectivity index (χ0v) is 32.3. The molecule has 59 heavy (non-hydrogen) atoms. The first-order valence-corrected chi connectivity index (χ1v) is 20.4. The van der Waals surface area contributed by atoms with E-state index in [0.717, 1.165) is 28.4 Å². The van der Waals surface area contributed by atoms with Crippen molar-refractivity contribution in [1.29, 1.82) is 0 Å². The minimum atomic E-state index is -0.516. The molecule has 0 unspecified atom stereocenters. The molecule has 0 amide bonds. The van der Waals surface area contributed by atoms with Gasteiger partial charge in [0.1, 0.15) is 0 Å². The first kappa shape index (κ1) is 33.5. The second-order valence-corrected chi connectivity index (χ2v) is 15.6. The molecule has 2 aliphatic carbocycles. The molecule has 9 aromatic rings. The summed E-state index contributed by atoms with van der Waals surface area (Å²) in [6, 6.07) is 80.4. The second-order valence-electron chi connectivity index (χ2n) is 15.6. The highest BCUT2D eigenvalue weighted by Crippen LogP contribution is 2.60. The molecule has 3 aliphatic rings. The quantitative estimate of drug-likeness (QED) is 0.177. The zero-order chi connectivity index (χ0) is 38.9. The molecule has 2 heteroatoms. The van der Waals surface area contributed by atoms with Gasteiger partial charge in [-0.1, -0.05) is 170 Å². The lowest BCUT2D eigenvalue weighted by molar-refractivity contribution is 0.766. The molecule has 1 spiro atoms. The third-order valence-electron chi connectivity index (χ3n) is 12.6. The molecule has 9 aromatic carbocycles. The number of hydrogen-bond acceptors (Lipinski definition) is 2. The summed E-state index contributed by atoms with van der Waals surface area (Å²) in [6.07, 6.45) is 4.60. The summed E-state index contributed by atoms with van der Waals surface area (Å²) in [6.45, 7) is 0. The Morgan fingerprint density at radius 2 is 0.780 bits per heavy atom. The van der Waals surface area contributed by atoms with E-state index in [1.807, 2.05) is 0 Å². The summed E-state index contributed by atoms with van der Waals surface area (Å²) >= 11 is 0. The minimum Gasteiger partial charge on any atom is -0.310 e. The van der Waals surface area contributed by atoms with E-state index in [2.05, 4.69) is 240 Å². The van der Waals surface area contributed by atoms with E-state index in [4.69, 9.17) is 0 Å². The number of fused-ring (bicyclic) bond motifs is 14. The summed E-state index contributed by atoms with van der Waals surface area (Å²) in [5, 5.41) is 0. The van der Waals surface area contributed by atoms with Crippen LogP contribution in [0.2, 0.25) is 0 Å². The molecule has 0 fully saturated rings. The number of anilines is 6. The fourth-order valence-corrected chi connectivity index (χ4v) is 10.2. The fourth-order valence-electron chi connectivity index (χ4n) is 10.2. The molecule has 0 N–H and O–H groups in total. The maximum Gasteiger partial charge on any atom is 0.0725 e. The lowest BCUT2D eigenvalue weighted by Crippen LogP contribution is -2.30. The van der Waals surface area contributed by atoms with Crippen LogP contribution in [0.1, 0.15) is 33.4 Å². The predicted molar refractivity (Wildman–Crippen MR) is 246 cm³/mol. The lowest BCUT2D eigenvalue weighted by atomic mass is 9.66. The van der Waals surface area contributed by atoms with E-state index in [-0.39, 0.29) is 0 Å². The Kier molecular flexibility index (Phi) is 7.48. The average molecular weight is 751 g/mol. The molecular formula is C57H38N2. The van der Waals surface area contributed by atoms with Gasteiger partial charge in [0, 0.05) is 33.9 Å². The fraction of sp³-hybridized carbons (Fsp3) is 0.0175. The topological polar surface area (TPSA) is 6.48 Å². The Bertz CT molecular complexity index is 3070. The summed E-state index contributed by atoms with van der Waals surface area (Å²) in [4.78, 5) is 4.85. The van der Waals surface area contributed by atoms with Gasteiger partial charge in [-0.3, -0.25) is 0 Å². The van der Waals surface area contributed by atoms with Crippen molar-refractivity contribution < 1.29 is 0 Å². The average Bonchev–Trinajstić information content (AvgIpc) is 3.41. The van der Waals surface area contributed by atoms with E-state index in [1.54, 1.807) is 0 Å². The van der Waals surface area contributed by atoms with Gasteiger partial charge < -0.3 is 9.80 Å². The summed E-state index contributed by atoms with van der Waals surface area (Å²) in [5.41, 5.74) is 21.4. The van der Waals surface area contributed by atoms with Crippen LogP contribution in [0.4, 0.5) is 34.1 Å². The van der Waals surface area contributed by atoms with Crippen molar-refractivity contribution in [3.8, 4) is 33.4 Å². The van der Waals surface area contributed by atoms with Crippen molar-refractivity contribution >= 4 is 46.3 Å². The van der Waals surface area contributed by atoms with Crippen LogP contribution < -0.4 is 9.80 Å². The SMILES string of the molecule is C1=Cc2ccccc2C2(c3ccccc31)c1ccccc1-c1ccc(N(c3ccccc3)c3ccc4c(c3)-c3ccccc3N(c3ccccc3)c3ccccc3-4)cc12.